The molecule has 3 heterocycles. The van der Waals surface area contributed by atoms with Crippen LogP contribution in [0.1, 0.15) is 74.1 Å². The molecule has 0 aromatic heterocycles. The summed E-state index contributed by atoms with van der Waals surface area (Å²) in [7, 11) is 0. The minimum absolute atomic E-state index is 0.0321. The highest BCUT2D eigenvalue weighted by molar-refractivity contribution is 6.06. The number of aliphatic hydroxyl groups excluding tert-OH is 1. The number of carbonyl (C=O) groups is 1. The van der Waals surface area contributed by atoms with Crippen molar-refractivity contribution in [2.45, 2.75) is 92.1 Å². The molecule has 0 unspecified atom stereocenters. The van der Waals surface area contributed by atoms with Gasteiger partial charge in [-0.05, 0) is 68.3 Å². The van der Waals surface area contributed by atoms with Gasteiger partial charge < -0.3 is 19.7 Å². The molecule has 4 bridgehead atoms. The van der Waals surface area contributed by atoms with E-state index in [1.54, 1.807) is 6.08 Å². The van der Waals surface area contributed by atoms with Crippen LogP contribution >= 0.6 is 0 Å². The standard InChI is InChI=1S/C29H42O5/c1-15-8-9-24-20(6)19(5)21(7)28(33-24)26-22-14-29(32,34-25(22)13-23(30)27(26)31)18(4)12-17(3)11-16(2)10-15/h10,13-15,17-21,24,28,31-32H,8-9,11-12H2,1-7H3/b16-10+/t15-,17+,18-,19-,20+,21+,24+,28+,29+/m0/s1. The molecule has 34 heavy (non-hydrogen) atoms. The van der Waals surface area contributed by atoms with Crippen LogP contribution < -0.4 is 0 Å². The van der Waals surface area contributed by atoms with Crippen LogP contribution in [0, 0.1) is 35.5 Å². The molecule has 1 aliphatic carbocycles. The van der Waals surface area contributed by atoms with E-state index in [-0.39, 0.29) is 23.7 Å². The first kappa shape index (κ1) is 25.2. The lowest BCUT2D eigenvalue weighted by atomic mass is 9.71. The second-order valence-corrected chi connectivity index (χ2v) is 11.7. The monoisotopic (exact) mass is 470 g/mol. The van der Waals surface area contributed by atoms with Crippen molar-refractivity contribution in [3.63, 3.8) is 0 Å². The first-order chi connectivity index (χ1) is 15.9. The van der Waals surface area contributed by atoms with E-state index in [0.29, 0.717) is 40.6 Å². The predicted octanol–water partition coefficient (Wildman–Crippen LogP) is 6.01. The number of carbonyl (C=O) groups excluding carboxylic acids is 1. The number of aliphatic hydroxyl groups is 2. The molecule has 188 valence electrons. The summed E-state index contributed by atoms with van der Waals surface area (Å²) in [5.74, 6) is -0.501. The fraction of sp³-hybridized carbons (Fsp3) is 0.690. The lowest BCUT2D eigenvalue weighted by molar-refractivity contribution is -0.163. The van der Waals surface area contributed by atoms with Gasteiger partial charge in [0.15, 0.2) is 5.76 Å². The van der Waals surface area contributed by atoms with Crippen molar-refractivity contribution in [2.24, 2.45) is 35.5 Å². The van der Waals surface area contributed by atoms with Gasteiger partial charge in [-0.2, -0.15) is 0 Å². The largest absolute Gasteiger partial charge is 0.504 e. The molecule has 4 rings (SSSR count). The van der Waals surface area contributed by atoms with Gasteiger partial charge in [-0.15, -0.1) is 0 Å². The number of ether oxygens (including phenoxy) is 2. The third kappa shape index (κ3) is 4.54. The average molecular weight is 471 g/mol. The van der Waals surface area contributed by atoms with Crippen LogP contribution in [0.25, 0.3) is 0 Å². The molecule has 0 radical (unpaired) electrons. The Labute approximate surface area is 204 Å². The third-order valence-corrected chi connectivity index (χ3v) is 8.87. The Balaban J connectivity index is 1.80. The first-order valence-electron chi connectivity index (χ1n) is 13.1. The number of hydrogen-bond acceptors (Lipinski definition) is 5. The Morgan fingerprint density at radius 1 is 1.03 bits per heavy atom. The maximum absolute atomic E-state index is 12.8. The van der Waals surface area contributed by atoms with Crippen molar-refractivity contribution >= 4 is 5.78 Å². The molecular weight excluding hydrogens is 428 g/mol. The highest BCUT2D eigenvalue weighted by Crippen LogP contribution is 2.48. The molecule has 0 saturated carbocycles. The van der Waals surface area contributed by atoms with Gasteiger partial charge in [0.1, 0.15) is 5.76 Å². The van der Waals surface area contributed by atoms with Gasteiger partial charge in [0.25, 0.3) is 0 Å². The minimum atomic E-state index is -1.52. The molecule has 1 saturated heterocycles. The van der Waals surface area contributed by atoms with Gasteiger partial charge >= 0.3 is 0 Å². The maximum Gasteiger partial charge on any atom is 0.231 e. The lowest BCUT2D eigenvalue weighted by Gasteiger charge is -2.45. The molecular formula is C29H42O5. The molecule has 9 atom stereocenters. The van der Waals surface area contributed by atoms with Crippen LogP contribution in [-0.2, 0) is 14.3 Å². The van der Waals surface area contributed by atoms with Crippen molar-refractivity contribution in [2.75, 3.05) is 0 Å². The normalized spacial score (nSPS) is 45.2. The number of allylic oxidation sites excluding steroid dienone is 4. The van der Waals surface area contributed by atoms with Gasteiger partial charge in [0.2, 0.25) is 11.6 Å². The smallest absolute Gasteiger partial charge is 0.231 e. The van der Waals surface area contributed by atoms with Gasteiger partial charge in [-0.3, -0.25) is 4.79 Å². The zero-order chi connectivity index (χ0) is 24.9. The molecule has 0 aromatic rings. The van der Waals surface area contributed by atoms with Crippen molar-refractivity contribution < 1.29 is 24.5 Å². The zero-order valence-electron chi connectivity index (χ0n) is 21.8. The second-order valence-electron chi connectivity index (χ2n) is 11.7. The van der Waals surface area contributed by atoms with E-state index in [4.69, 9.17) is 9.47 Å². The second kappa shape index (κ2) is 9.31. The summed E-state index contributed by atoms with van der Waals surface area (Å²) in [6.07, 6.45) is 8.70. The van der Waals surface area contributed by atoms with Gasteiger partial charge in [0.05, 0.1) is 12.2 Å². The highest BCUT2D eigenvalue weighted by Gasteiger charge is 2.49. The van der Waals surface area contributed by atoms with Crippen molar-refractivity contribution in [3.8, 4) is 0 Å². The van der Waals surface area contributed by atoms with Crippen LogP contribution in [0.3, 0.4) is 0 Å². The van der Waals surface area contributed by atoms with E-state index in [2.05, 4.69) is 47.6 Å². The SMILES string of the molecule is C/C1=C\[C@@H](C)CC[C@H]2O[C@@H](C3=C(O)C(=O)C=C4O[C@](O)(C=C43)[C@@H](C)C[C@H](C)C1)[C@H](C)[C@@H](C)[C@H]2C. The first-order valence-corrected chi connectivity index (χ1v) is 13.1. The third-order valence-electron chi connectivity index (χ3n) is 8.87. The van der Waals surface area contributed by atoms with Crippen molar-refractivity contribution in [3.05, 3.63) is 46.5 Å². The highest BCUT2D eigenvalue weighted by atomic mass is 16.6. The Morgan fingerprint density at radius 3 is 2.44 bits per heavy atom. The maximum atomic E-state index is 12.8. The van der Waals surface area contributed by atoms with E-state index < -0.39 is 17.7 Å². The van der Waals surface area contributed by atoms with E-state index in [9.17, 15) is 15.0 Å². The van der Waals surface area contributed by atoms with E-state index >= 15 is 0 Å². The molecule has 2 N–H and O–H groups in total. The van der Waals surface area contributed by atoms with Crippen LogP contribution in [-0.4, -0.2) is 34.0 Å². The molecule has 0 amide bonds. The Hall–Kier alpha value is -1.85. The summed E-state index contributed by atoms with van der Waals surface area (Å²) in [6, 6.07) is 0. The van der Waals surface area contributed by atoms with E-state index in [0.717, 1.165) is 25.7 Å². The Kier molecular flexibility index (Phi) is 6.91. The number of hydrogen-bond donors (Lipinski definition) is 2. The van der Waals surface area contributed by atoms with Gasteiger partial charge in [-0.1, -0.05) is 53.2 Å². The molecule has 0 spiro atoms. The predicted molar refractivity (Wildman–Crippen MR) is 133 cm³/mol. The van der Waals surface area contributed by atoms with Crippen LogP contribution in [0.15, 0.2) is 46.5 Å². The quantitative estimate of drug-likeness (QED) is 0.424. The van der Waals surface area contributed by atoms with Crippen molar-refractivity contribution in [1.82, 2.24) is 0 Å². The number of ketones is 1. The van der Waals surface area contributed by atoms with Gasteiger partial charge in [0, 0.05) is 23.1 Å². The minimum Gasteiger partial charge on any atom is -0.504 e. The summed E-state index contributed by atoms with van der Waals surface area (Å²) < 4.78 is 12.7. The molecule has 0 aromatic carbocycles. The zero-order valence-corrected chi connectivity index (χ0v) is 21.8. The fourth-order valence-electron chi connectivity index (χ4n) is 6.50. The van der Waals surface area contributed by atoms with Crippen molar-refractivity contribution in [1.29, 1.82) is 0 Å². The van der Waals surface area contributed by atoms with Gasteiger partial charge in [-0.25, -0.2) is 0 Å². The Morgan fingerprint density at radius 2 is 1.74 bits per heavy atom. The lowest BCUT2D eigenvalue weighted by Crippen LogP contribution is -2.46. The molecule has 5 nitrogen and oxygen atoms in total. The summed E-state index contributed by atoms with van der Waals surface area (Å²) in [5.41, 5.74) is 2.46. The number of fused-ring (bicyclic) bond motifs is 4. The number of rotatable bonds is 0. The summed E-state index contributed by atoms with van der Waals surface area (Å²) in [4.78, 5) is 12.8. The molecule has 1 fully saturated rings. The van der Waals surface area contributed by atoms with E-state index in [1.165, 1.54) is 11.6 Å². The van der Waals surface area contributed by atoms with Crippen LogP contribution in [0.2, 0.25) is 0 Å². The summed E-state index contributed by atoms with van der Waals surface area (Å²) in [6.45, 7) is 15.3. The molecule has 4 aliphatic rings. The van der Waals surface area contributed by atoms with E-state index in [1.807, 2.05) is 6.92 Å². The topological polar surface area (TPSA) is 76.0 Å². The molecule has 3 aliphatic heterocycles. The molecule has 5 heteroatoms. The summed E-state index contributed by atoms with van der Waals surface area (Å²) in [5, 5.41) is 22.5. The Bertz CT molecular complexity index is 956. The fourth-order valence-corrected chi connectivity index (χ4v) is 6.50. The average Bonchev–Trinajstić information content (AvgIpc) is 3.09. The van der Waals surface area contributed by atoms with Crippen LogP contribution in [0.5, 0.6) is 0 Å². The van der Waals surface area contributed by atoms with Crippen LogP contribution in [0.4, 0.5) is 0 Å². The summed E-state index contributed by atoms with van der Waals surface area (Å²) >= 11 is 0.